The molecule has 72 valence electrons. The maximum absolute atomic E-state index is 12.9. The molecule has 0 amide bonds. The predicted molar refractivity (Wildman–Crippen MR) is 48.4 cm³/mol. The zero-order valence-electron chi connectivity index (χ0n) is 7.25. The van der Waals surface area contributed by atoms with E-state index in [0.29, 0.717) is 12.0 Å². The first kappa shape index (κ1) is 10.3. The summed E-state index contributed by atoms with van der Waals surface area (Å²) in [5.41, 5.74) is 1.32. The Balaban J connectivity index is 2.94. The van der Waals surface area contributed by atoms with E-state index in [4.69, 9.17) is 0 Å². The molecule has 0 saturated carbocycles. The normalized spacial score (nSPS) is 12.8. The van der Waals surface area contributed by atoms with Crippen molar-refractivity contribution in [2.75, 3.05) is 0 Å². The van der Waals surface area contributed by atoms with Crippen LogP contribution in [-0.2, 0) is 23.3 Å². The lowest BCUT2D eigenvalue weighted by atomic mass is 10.1. The second-order valence-electron chi connectivity index (χ2n) is 2.77. The van der Waals surface area contributed by atoms with Crippen molar-refractivity contribution in [3.63, 3.8) is 0 Å². The van der Waals surface area contributed by atoms with Crippen LogP contribution in [0.5, 0.6) is 0 Å². The minimum atomic E-state index is -2.15. The molecule has 4 heteroatoms. The van der Waals surface area contributed by atoms with Gasteiger partial charge < -0.3 is 4.55 Å². The van der Waals surface area contributed by atoms with Crippen LogP contribution in [0.4, 0.5) is 4.39 Å². The summed E-state index contributed by atoms with van der Waals surface area (Å²) in [6.07, 6.45) is 0.705. The highest BCUT2D eigenvalue weighted by Crippen LogP contribution is 2.11. The molecule has 0 saturated heterocycles. The first-order valence-corrected chi connectivity index (χ1v) is 5.20. The standard InChI is InChI=1S/C9H11FO2S/c1-2-7-3-8(6-13(11)12)5-9(10)4-7/h3-5H,2,6H2,1H3,(H,11,12)/p-1. The monoisotopic (exact) mass is 201 g/mol. The van der Waals surface area contributed by atoms with Crippen LogP contribution < -0.4 is 0 Å². The molecule has 0 spiro atoms. The summed E-state index contributed by atoms with van der Waals surface area (Å²) < 4.78 is 33.6. The lowest BCUT2D eigenvalue weighted by molar-refractivity contribution is 0.536. The molecule has 0 N–H and O–H groups in total. The van der Waals surface area contributed by atoms with Crippen LogP contribution in [0.1, 0.15) is 18.1 Å². The Labute approximate surface area is 79.1 Å². The van der Waals surface area contributed by atoms with Gasteiger partial charge in [0, 0.05) is 5.75 Å². The van der Waals surface area contributed by atoms with E-state index in [9.17, 15) is 13.2 Å². The van der Waals surface area contributed by atoms with E-state index in [1.54, 1.807) is 6.07 Å². The molecule has 0 aliphatic heterocycles. The summed E-state index contributed by atoms with van der Waals surface area (Å²) in [6, 6.07) is 4.37. The van der Waals surface area contributed by atoms with Gasteiger partial charge in [0.1, 0.15) is 5.82 Å². The summed E-state index contributed by atoms with van der Waals surface area (Å²) in [7, 11) is 0. The van der Waals surface area contributed by atoms with Crippen LogP contribution in [0.3, 0.4) is 0 Å². The van der Waals surface area contributed by atoms with Crippen LogP contribution in [-0.4, -0.2) is 8.76 Å². The highest BCUT2D eigenvalue weighted by molar-refractivity contribution is 7.78. The van der Waals surface area contributed by atoms with Crippen molar-refractivity contribution in [2.24, 2.45) is 0 Å². The van der Waals surface area contributed by atoms with E-state index >= 15 is 0 Å². The molecule has 1 aromatic rings. The zero-order chi connectivity index (χ0) is 9.84. The van der Waals surface area contributed by atoms with Gasteiger partial charge in [-0.05, 0) is 29.7 Å². The van der Waals surface area contributed by atoms with Gasteiger partial charge in [0.25, 0.3) is 0 Å². The molecular formula is C9H10FO2S-. The average Bonchev–Trinajstić information content (AvgIpc) is 2.01. The van der Waals surface area contributed by atoms with Crippen molar-refractivity contribution >= 4 is 11.1 Å². The second kappa shape index (κ2) is 4.48. The van der Waals surface area contributed by atoms with Crippen molar-refractivity contribution in [3.8, 4) is 0 Å². The van der Waals surface area contributed by atoms with E-state index in [-0.39, 0.29) is 11.6 Å². The molecule has 1 atom stereocenters. The molecule has 0 fully saturated rings. The molecule has 1 rings (SSSR count). The van der Waals surface area contributed by atoms with E-state index in [0.717, 1.165) is 5.56 Å². The fraction of sp³-hybridized carbons (Fsp3) is 0.333. The first-order chi connectivity index (χ1) is 6.11. The quantitative estimate of drug-likeness (QED) is 0.699. The summed E-state index contributed by atoms with van der Waals surface area (Å²) >= 11 is -2.15. The van der Waals surface area contributed by atoms with E-state index < -0.39 is 11.1 Å². The third kappa shape index (κ3) is 3.24. The fourth-order valence-electron chi connectivity index (χ4n) is 1.14. The molecule has 1 aromatic carbocycles. The van der Waals surface area contributed by atoms with Gasteiger partial charge in [-0.15, -0.1) is 0 Å². The van der Waals surface area contributed by atoms with Gasteiger partial charge in [-0.1, -0.05) is 24.1 Å². The number of hydrogen-bond donors (Lipinski definition) is 0. The summed E-state index contributed by atoms with van der Waals surface area (Å²) in [5.74, 6) is -0.495. The third-order valence-electron chi connectivity index (χ3n) is 1.71. The van der Waals surface area contributed by atoms with Crippen LogP contribution in [0, 0.1) is 5.82 Å². The highest BCUT2D eigenvalue weighted by atomic mass is 32.2. The lowest BCUT2D eigenvalue weighted by Crippen LogP contribution is -1.95. The minimum absolute atomic E-state index is 0.120. The molecule has 1 unspecified atom stereocenters. The van der Waals surface area contributed by atoms with Gasteiger partial charge in [-0.25, -0.2) is 4.39 Å². The molecule has 2 nitrogen and oxygen atoms in total. The maximum atomic E-state index is 12.9. The fourth-order valence-corrected chi connectivity index (χ4v) is 1.58. The molecule has 0 aliphatic carbocycles. The average molecular weight is 201 g/mol. The highest BCUT2D eigenvalue weighted by Gasteiger charge is 1.99. The van der Waals surface area contributed by atoms with Crippen molar-refractivity contribution < 1.29 is 13.2 Å². The Morgan fingerprint density at radius 1 is 1.38 bits per heavy atom. The SMILES string of the molecule is CCc1cc(F)cc(CS(=O)[O-])c1. The minimum Gasteiger partial charge on any atom is -0.772 e. The Hall–Kier alpha value is -0.740. The molecule has 0 heterocycles. The molecule has 0 aromatic heterocycles. The topological polar surface area (TPSA) is 40.1 Å². The zero-order valence-corrected chi connectivity index (χ0v) is 8.07. The number of rotatable bonds is 3. The van der Waals surface area contributed by atoms with Crippen LogP contribution in [0.2, 0.25) is 0 Å². The molecule has 0 aliphatic rings. The Bertz CT molecular complexity index is 325. The molecule has 0 bridgehead atoms. The maximum Gasteiger partial charge on any atom is 0.123 e. The van der Waals surface area contributed by atoms with Crippen molar-refractivity contribution in [3.05, 3.63) is 35.1 Å². The number of hydrogen-bond acceptors (Lipinski definition) is 2. The van der Waals surface area contributed by atoms with Gasteiger partial charge in [-0.2, -0.15) is 0 Å². The second-order valence-corrected chi connectivity index (χ2v) is 3.67. The van der Waals surface area contributed by atoms with Gasteiger partial charge in [0.05, 0.1) is 0 Å². The largest absolute Gasteiger partial charge is 0.772 e. The number of aryl methyl sites for hydroxylation is 1. The summed E-state index contributed by atoms with van der Waals surface area (Å²) in [6.45, 7) is 1.90. The smallest absolute Gasteiger partial charge is 0.123 e. The first-order valence-electron chi connectivity index (χ1n) is 3.96. The Kier molecular flexibility index (Phi) is 3.57. The van der Waals surface area contributed by atoms with Crippen molar-refractivity contribution in [1.82, 2.24) is 0 Å². The van der Waals surface area contributed by atoms with E-state index in [1.165, 1.54) is 12.1 Å². The van der Waals surface area contributed by atoms with E-state index in [2.05, 4.69) is 0 Å². The molecule has 13 heavy (non-hydrogen) atoms. The van der Waals surface area contributed by atoms with Gasteiger partial charge in [0.15, 0.2) is 0 Å². The van der Waals surface area contributed by atoms with Crippen LogP contribution >= 0.6 is 0 Å². The summed E-state index contributed by atoms with van der Waals surface area (Å²) in [4.78, 5) is 0. The van der Waals surface area contributed by atoms with Crippen molar-refractivity contribution in [2.45, 2.75) is 19.1 Å². The molecular weight excluding hydrogens is 191 g/mol. The molecule has 0 radical (unpaired) electrons. The Morgan fingerprint density at radius 3 is 2.54 bits per heavy atom. The summed E-state index contributed by atoms with van der Waals surface area (Å²) in [5, 5.41) is 0. The lowest BCUT2D eigenvalue weighted by Gasteiger charge is -2.06. The van der Waals surface area contributed by atoms with E-state index in [1.807, 2.05) is 6.92 Å². The number of halogens is 1. The van der Waals surface area contributed by atoms with Crippen LogP contribution in [0.15, 0.2) is 18.2 Å². The van der Waals surface area contributed by atoms with Gasteiger partial charge in [-0.3, -0.25) is 4.21 Å². The predicted octanol–water partition coefficient (Wildman–Crippen LogP) is 1.77. The van der Waals surface area contributed by atoms with Gasteiger partial charge >= 0.3 is 0 Å². The Morgan fingerprint density at radius 2 is 2.00 bits per heavy atom. The van der Waals surface area contributed by atoms with Crippen molar-refractivity contribution in [1.29, 1.82) is 0 Å². The number of benzene rings is 1. The third-order valence-corrected chi connectivity index (χ3v) is 2.28. The van der Waals surface area contributed by atoms with Gasteiger partial charge in [0.2, 0.25) is 0 Å². The van der Waals surface area contributed by atoms with Crippen LogP contribution in [0.25, 0.3) is 0 Å².